The fourth-order valence-electron chi connectivity index (χ4n) is 1.39. The molecule has 16 heavy (non-hydrogen) atoms. The van der Waals surface area contributed by atoms with Gasteiger partial charge in [-0.3, -0.25) is 10.1 Å². The first-order valence-corrected chi connectivity index (χ1v) is 5.83. The summed E-state index contributed by atoms with van der Waals surface area (Å²) >= 11 is 1.50. The van der Waals surface area contributed by atoms with Crippen molar-refractivity contribution in [3.05, 3.63) is 16.1 Å². The quantitative estimate of drug-likeness (QED) is 0.726. The third-order valence-corrected chi connectivity index (χ3v) is 3.52. The monoisotopic (exact) mass is 239 g/mol. The number of nitrogens with one attached hydrogen (secondary N) is 2. The van der Waals surface area contributed by atoms with Crippen molar-refractivity contribution in [1.29, 1.82) is 0 Å². The maximum Gasteiger partial charge on any atom is 0.322 e. The number of amides is 3. The highest BCUT2D eigenvalue weighted by molar-refractivity contribution is 7.09. The zero-order chi connectivity index (χ0) is 11.9. The largest absolute Gasteiger partial charge is 0.322 e. The SMILES string of the molecule is CC(C)(C)c1nc(C2NC(=O)NC2=O)cs1. The van der Waals surface area contributed by atoms with Crippen LogP contribution in [0.15, 0.2) is 5.38 Å². The number of urea groups is 1. The van der Waals surface area contributed by atoms with Gasteiger partial charge in [0.1, 0.15) is 0 Å². The van der Waals surface area contributed by atoms with Crippen LogP contribution in [0.3, 0.4) is 0 Å². The zero-order valence-electron chi connectivity index (χ0n) is 9.33. The highest BCUT2D eigenvalue weighted by atomic mass is 32.1. The summed E-state index contributed by atoms with van der Waals surface area (Å²) in [5, 5.41) is 7.49. The van der Waals surface area contributed by atoms with Gasteiger partial charge in [-0.1, -0.05) is 20.8 Å². The van der Waals surface area contributed by atoms with Gasteiger partial charge in [-0.25, -0.2) is 9.78 Å². The Morgan fingerprint density at radius 3 is 2.50 bits per heavy atom. The number of thiazole rings is 1. The van der Waals surface area contributed by atoms with Crippen LogP contribution in [-0.4, -0.2) is 16.9 Å². The number of aromatic nitrogens is 1. The second-order valence-corrected chi connectivity index (χ2v) is 5.58. The van der Waals surface area contributed by atoms with E-state index in [-0.39, 0.29) is 11.3 Å². The van der Waals surface area contributed by atoms with Crippen molar-refractivity contribution in [3.8, 4) is 0 Å². The Kier molecular flexibility index (Phi) is 2.46. The maximum atomic E-state index is 11.4. The molecule has 0 bridgehead atoms. The van der Waals surface area contributed by atoms with Crippen LogP contribution in [-0.2, 0) is 10.2 Å². The molecule has 0 saturated carbocycles. The summed E-state index contributed by atoms with van der Waals surface area (Å²) in [6.07, 6.45) is 0. The average molecular weight is 239 g/mol. The number of carbonyl (C=O) groups is 2. The van der Waals surface area contributed by atoms with Crippen molar-refractivity contribution >= 4 is 23.3 Å². The molecule has 2 heterocycles. The molecule has 6 heteroatoms. The molecule has 1 aromatic rings. The molecule has 2 rings (SSSR count). The Balaban J connectivity index is 2.26. The Morgan fingerprint density at radius 1 is 1.38 bits per heavy atom. The molecule has 0 aromatic carbocycles. The summed E-state index contributed by atoms with van der Waals surface area (Å²) in [5.41, 5.74) is 0.570. The standard InChI is InChI=1S/C10H13N3O2S/c1-10(2,3)8-11-5(4-16-8)6-7(14)13-9(15)12-6/h4,6H,1-3H3,(H2,12,13,14,15). The van der Waals surface area contributed by atoms with E-state index in [1.165, 1.54) is 11.3 Å². The van der Waals surface area contributed by atoms with E-state index < -0.39 is 12.1 Å². The lowest BCUT2D eigenvalue weighted by atomic mass is 9.98. The molecular weight excluding hydrogens is 226 g/mol. The van der Waals surface area contributed by atoms with Crippen LogP contribution in [0.2, 0.25) is 0 Å². The fourth-order valence-corrected chi connectivity index (χ4v) is 2.32. The van der Waals surface area contributed by atoms with E-state index in [0.29, 0.717) is 5.69 Å². The minimum Gasteiger partial charge on any atom is -0.321 e. The molecule has 1 aromatic heterocycles. The topological polar surface area (TPSA) is 71.1 Å². The van der Waals surface area contributed by atoms with Crippen LogP contribution in [0.5, 0.6) is 0 Å². The Bertz CT molecular complexity index is 447. The summed E-state index contributed by atoms with van der Waals surface area (Å²) in [5.74, 6) is -0.337. The van der Waals surface area contributed by atoms with Crippen LogP contribution in [0.25, 0.3) is 0 Å². The molecule has 1 unspecified atom stereocenters. The van der Waals surface area contributed by atoms with E-state index in [2.05, 4.69) is 36.4 Å². The van der Waals surface area contributed by atoms with Gasteiger partial charge in [-0.15, -0.1) is 11.3 Å². The molecule has 1 atom stereocenters. The normalized spacial score (nSPS) is 20.8. The second-order valence-electron chi connectivity index (χ2n) is 4.72. The van der Waals surface area contributed by atoms with Crippen molar-refractivity contribution in [3.63, 3.8) is 0 Å². The van der Waals surface area contributed by atoms with Crippen molar-refractivity contribution in [2.24, 2.45) is 0 Å². The first-order chi connectivity index (χ1) is 7.38. The summed E-state index contributed by atoms with van der Waals surface area (Å²) in [6.45, 7) is 6.18. The van der Waals surface area contributed by atoms with E-state index in [1.807, 2.05) is 5.38 Å². The first-order valence-electron chi connectivity index (χ1n) is 4.95. The van der Waals surface area contributed by atoms with Crippen molar-refractivity contribution in [2.45, 2.75) is 32.2 Å². The van der Waals surface area contributed by atoms with Gasteiger partial charge in [0.05, 0.1) is 10.7 Å². The Hall–Kier alpha value is -1.43. The van der Waals surface area contributed by atoms with Crippen molar-refractivity contribution in [1.82, 2.24) is 15.6 Å². The minimum atomic E-state index is -0.639. The molecule has 0 aliphatic carbocycles. The fraction of sp³-hybridized carbons (Fsp3) is 0.500. The van der Waals surface area contributed by atoms with Crippen LogP contribution >= 0.6 is 11.3 Å². The predicted molar refractivity (Wildman–Crippen MR) is 60.2 cm³/mol. The zero-order valence-corrected chi connectivity index (χ0v) is 10.1. The Labute approximate surface area is 97.3 Å². The van der Waals surface area contributed by atoms with Gasteiger partial charge in [-0.05, 0) is 0 Å². The number of hydrogen-bond donors (Lipinski definition) is 2. The molecule has 86 valence electrons. The molecule has 3 amide bonds. The third kappa shape index (κ3) is 1.92. The van der Waals surface area contributed by atoms with Gasteiger partial charge in [0, 0.05) is 10.8 Å². The number of imide groups is 1. The van der Waals surface area contributed by atoms with E-state index in [4.69, 9.17) is 0 Å². The number of carbonyl (C=O) groups excluding carboxylic acids is 2. The molecular formula is C10H13N3O2S. The lowest BCUT2D eigenvalue weighted by Crippen LogP contribution is -2.22. The molecule has 2 N–H and O–H groups in total. The van der Waals surface area contributed by atoms with E-state index in [9.17, 15) is 9.59 Å². The number of rotatable bonds is 1. The lowest BCUT2D eigenvalue weighted by Gasteiger charge is -2.13. The maximum absolute atomic E-state index is 11.4. The molecule has 5 nitrogen and oxygen atoms in total. The van der Waals surface area contributed by atoms with E-state index in [1.54, 1.807) is 0 Å². The molecule has 1 aliphatic rings. The van der Waals surface area contributed by atoms with E-state index in [0.717, 1.165) is 5.01 Å². The summed E-state index contributed by atoms with van der Waals surface area (Å²) < 4.78 is 0. The van der Waals surface area contributed by atoms with Gasteiger partial charge < -0.3 is 5.32 Å². The minimum absolute atomic E-state index is 0.0397. The summed E-state index contributed by atoms with van der Waals surface area (Å²) in [4.78, 5) is 26.8. The molecule has 1 fully saturated rings. The highest BCUT2D eigenvalue weighted by Crippen LogP contribution is 2.28. The second kappa shape index (κ2) is 3.55. The predicted octanol–water partition coefficient (Wildman–Crippen LogP) is 1.32. The smallest absolute Gasteiger partial charge is 0.321 e. The van der Waals surface area contributed by atoms with Gasteiger partial charge in [0.15, 0.2) is 6.04 Å². The number of hydrogen-bond acceptors (Lipinski definition) is 4. The molecule has 0 spiro atoms. The van der Waals surface area contributed by atoms with Gasteiger partial charge in [-0.2, -0.15) is 0 Å². The summed E-state index contributed by atoms with van der Waals surface area (Å²) in [7, 11) is 0. The van der Waals surface area contributed by atoms with E-state index >= 15 is 0 Å². The van der Waals surface area contributed by atoms with Crippen molar-refractivity contribution in [2.75, 3.05) is 0 Å². The van der Waals surface area contributed by atoms with Gasteiger partial charge in [0.25, 0.3) is 5.91 Å². The number of nitrogens with zero attached hydrogens (tertiary/aromatic N) is 1. The highest BCUT2D eigenvalue weighted by Gasteiger charge is 2.33. The molecule has 0 radical (unpaired) electrons. The van der Waals surface area contributed by atoms with Crippen LogP contribution in [0.1, 0.15) is 37.5 Å². The third-order valence-electron chi connectivity index (χ3n) is 2.23. The first kappa shape index (κ1) is 11.1. The average Bonchev–Trinajstić information content (AvgIpc) is 2.70. The van der Waals surface area contributed by atoms with Crippen LogP contribution < -0.4 is 10.6 Å². The van der Waals surface area contributed by atoms with Crippen molar-refractivity contribution < 1.29 is 9.59 Å². The van der Waals surface area contributed by atoms with Crippen LogP contribution in [0, 0.1) is 0 Å². The molecule has 1 aliphatic heterocycles. The summed E-state index contributed by atoms with van der Waals surface area (Å²) in [6, 6.07) is -1.10. The van der Waals surface area contributed by atoms with Crippen LogP contribution in [0.4, 0.5) is 4.79 Å². The lowest BCUT2D eigenvalue weighted by molar-refractivity contribution is -0.120. The Morgan fingerprint density at radius 2 is 2.06 bits per heavy atom. The van der Waals surface area contributed by atoms with Gasteiger partial charge >= 0.3 is 6.03 Å². The van der Waals surface area contributed by atoms with Gasteiger partial charge in [0.2, 0.25) is 0 Å². The molecule has 1 saturated heterocycles.